The minimum absolute atomic E-state index is 0.112. The molecular weight excluding hydrogens is 247 g/mol. The fourth-order valence-corrected chi connectivity index (χ4v) is 2.27. The molecule has 3 rings (SSSR count). The molecule has 1 amide bonds. The number of carbonyl (C=O) groups is 1. The van der Waals surface area contributed by atoms with Gasteiger partial charge in [0.25, 0.3) is 11.5 Å². The summed E-state index contributed by atoms with van der Waals surface area (Å²) < 4.78 is 13.1. The standard InChI is InChI=1S/C14H11FN2O2/c15-11-5-10(13(18)16-6-11)8-17-7-9-3-1-2-4-12(9)14(17)19/h1-6H,7-8H2,(H,16,18). The number of hydrogen-bond acceptors (Lipinski definition) is 2. The van der Waals surface area contributed by atoms with Crippen molar-refractivity contribution in [1.29, 1.82) is 0 Å². The number of rotatable bonds is 2. The molecule has 19 heavy (non-hydrogen) atoms. The summed E-state index contributed by atoms with van der Waals surface area (Å²) in [5, 5.41) is 0. The Kier molecular flexibility index (Phi) is 2.67. The highest BCUT2D eigenvalue weighted by Gasteiger charge is 2.27. The SMILES string of the molecule is O=C1c2ccccc2CN1Cc1cc(F)c[nH]c1=O. The lowest BCUT2D eigenvalue weighted by Crippen LogP contribution is -2.27. The first kappa shape index (κ1) is 11.6. The molecule has 2 heterocycles. The van der Waals surface area contributed by atoms with Crippen molar-refractivity contribution in [2.45, 2.75) is 13.1 Å². The number of benzene rings is 1. The van der Waals surface area contributed by atoms with Crippen LogP contribution in [0.3, 0.4) is 0 Å². The number of nitrogens with one attached hydrogen (secondary N) is 1. The first-order valence-corrected chi connectivity index (χ1v) is 5.89. The Morgan fingerprint density at radius 3 is 2.84 bits per heavy atom. The van der Waals surface area contributed by atoms with Crippen molar-refractivity contribution >= 4 is 5.91 Å². The highest BCUT2D eigenvalue weighted by molar-refractivity contribution is 5.98. The molecule has 1 aromatic carbocycles. The zero-order chi connectivity index (χ0) is 13.4. The number of amides is 1. The maximum Gasteiger partial charge on any atom is 0.254 e. The lowest BCUT2D eigenvalue weighted by molar-refractivity contribution is 0.0766. The summed E-state index contributed by atoms with van der Waals surface area (Å²) in [4.78, 5) is 27.5. The Hall–Kier alpha value is -2.43. The fraction of sp³-hybridized carbons (Fsp3) is 0.143. The largest absolute Gasteiger partial charge is 0.330 e. The number of nitrogens with zero attached hydrogens (tertiary/aromatic N) is 1. The molecule has 0 bridgehead atoms. The van der Waals surface area contributed by atoms with E-state index < -0.39 is 5.82 Å². The Labute approximate surface area is 108 Å². The first-order chi connectivity index (χ1) is 9.15. The number of hydrogen-bond donors (Lipinski definition) is 1. The van der Waals surface area contributed by atoms with Gasteiger partial charge >= 0.3 is 0 Å². The van der Waals surface area contributed by atoms with E-state index in [0.717, 1.165) is 17.8 Å². The van der Waals surface area contributed by atoms with Crippen molar-refractivity contribution in [3.63, 3.8) is 0 Å². The Balaban J connectivity index is 1.89. The second kappa shape index (κ2) is 4.35. The van der Waals surface area contributed by atoms with E-state index in [4.69, 9.17) is 0 Å². The minimum atomic E-state index is -0.515. The molecule has 1 N–H and O–H groups in total. The van der Waals surface area contributed by atoms with Gasteiger partial charge in [-0.25, -0.2) is 4.39 Å². The molecule has 96 valence electrons. The summed E-state index contributed by atoms with van der Waals surface area (Å²) >= 11 is 0. The van der Waals surface area contributed by atoms with Gasteiger partial charge in [-0.3, -0.25) is 9.59 Å². The molecule has 0 fully saturated rings. The van der Waals surface area contributed by atoms with Crippen molar-refractivity contribution in [2.75, 3.05) is 0 Å². The molecule has 0 saturated heterocycles. The molecule has 5 heteroatoms. The molecule has 0 unspecified atom stereocenters. The zero-order valence-electron chi connectivity index (χ0n) is 10.0. The van der Waals surface area contributed by atoms with Gasteiger partial charge < -0.3 is 9.88 Å². The van der Waals surface area contributed by atoms with Crippen LogP contribution in [0.15, 0.2) is 41.3 Å². The Morgan fingerprint density at radius 1 is 1.26 bits per heavy atom. The molecule has 0 saturated carbocycles. The average Bonchev–Trinajstić information content (AvgIpc) is 2.72. The monoisotopic (exact) mass is 258 g/mol. The van der Waals surface area contributed by atoms with Gasteiger partial charge in [-0.05, 0) is 17.7 Å². The van der Waals surface area contributed by atoms with Crippen LogP contribution in [0.25, 0.3) is 0 Å². The summed E-state index contributed by atoms with van der Waals surface area (Å²) in [7, 11) is 0. The van der Waals surface area contributed by atoms with E-state index in [1.165, 1.54) is 4.90 Å². The number of aromatic amines is 1. The lowest BCUT2D eigenvalue weighted by atomic mass is 10.1. The third kappa shape index (κ3) is 2.03. The topological polar surface area (TPSA) is 53.2 Å². The number of fused-ring (bicyclic) bond motifs is 1. The first-order valence-electron chi connectivity index (χ1n) is 5.89. The van der Waals surface area contributed by atoms with Gasteiger partial charge in [-0.1, -0.05) is 18.2 Å². The van der Waals surface area contributed by atoms with Gasteiger partial charge in [0.15, 0.2) is 0 Å². The van der Waals surface area contributed by atoms with E-state index in [1.807, 2.05) is 12.1 Å². The van der Waals surface area contributed by atoms with Crippen molar-refractivity contribution in [1.82, 2.24) is 9.88 Å². The number of halogens is 1. The van der Waals surface area contributed by atoms with Crippen molar-refractivity contribution in [2.24, 2.45) is 0 Å². The molecule has 1 aromatic heterocycles. The third-order valence-corrected chi connectivity index (χ3v) is 3.20. The molecule has 0 atom stereocenters. The van der Waals surface area contributed by atoms with Crippen molar-refractivity contribution in [3.05, 3.63) is 69.4 Å². The third-order valence-electron chi connectivity index (χ3n) is 3.20. The summed E-state index contributed by atoms with van der Waals surface area (Å²) in [5.74, 6) is -0.641. The highest BCUT2D eigenvalue weighted by atomic mass is 19.1. The molecular formula is C14H11FN2O2. The van der Waals surface area contributed by atoms with Crippen molar-refractivity contribution < 1.29 is 9.18 Å². The van der Waals surface area contributed by atoms with Crippen LogP contribution in [0.5, 0.6) is 0 Å². The van der Waals surface area contributed by atoms with E-state index in [2.05, 4.69) is 4.98 Å². The summed E-state index contributed by atoms with van der Waals surface area (Å²) in [6.07, 6.45) is 1.01. The summed E-state index contributed by atoms with van der Waals surface area (Å²) in [6, 6.07) is 8.46. The predicted octanol–water partition coefficient (Wildman–Crippen LogP) is 1.67. The molecule has 1 aliphatic rings. The van der Waals surface area contributed by atoms with Gasteiger partial charge in [-0.2, -0.15) is 0 Å². The molecule has 0 radical (unpaired) electrons. The quantitative estimate of drug-likeness (QED) is 0.890. The molecule has 0 aliphatic carbocycles. The van der Waals surface area contributed by atoms with Crippen LogP contribution in [-0.2, 0) is 13.1 Å². The van der Waals surface area contributed by atoms with E-state index in [1.54, 1.807) is 12.1 Å². The van der Waals surface area contributed by atoms with E-state index >= 15 is 0 Å². The second-order valence-corrected chi connectivity index (χ2v) is 4.49. The summed E-state index contributed by atoms with van der Waals surface area (Å²) in [5.41, 5.74) is 1.46. The predicted molar refractivity (Wildman–Crippen MR) is 67.0 cm³/mol. The molecule has 1 aliphatic heterocycles. The van der Waals surface area contributed by atoms with Crippen LogP contribution in [0.2, 0.25) is 0 Å². The number of H-pyrrole nitrogens is 1. The smallest absolute Gasteiger partial charge is 0.254 e. The van der Waals surface area contributed by atoms with Crippen molar-refractivity contribution in [3.8, 4) is 0 Å². The number of pyridine rings is 1. The molecule has 2 aromatic rings. The van der Waals surface area contributed by atoms with Crippen LogP contribution in [0.1, 0.15) is 21.5 Å². The van der Waals surface area contributed by atoms with Gasteiger partial charge in [0.1, 0.15) is 5.82 Å². The van der Waals surface area contributed by atoms with Gasteiger partial charge in [-0.15, -0.1) is 0 Å². The number of carbonyl (C=O) groups excluding carboxylic acids is 1. The van der Waals surface area contributed by atoms with Crippen LogP contribution in [0, 0.1) is 5.82 Å². The van der Waals surface area contributed by atoms with E-state index in [9.17, 15) is 14.0 Å². The maximum atomic E-state index is 13.1. The maximum absolute atomic E-state index is 13.1. The molecule has 4 nitrogen and oxygen atoms in total. The second-order valence-electron chi connectivity index (χ2n) is 4.49. The van der Waals surface area contributed by atoms with Crippen LogP contribution < -0.4 is 5.56 Å². The Morgan fingerprint density at radius 2 is 2.05 bits per heavy atom. The Bertz CT molecular complexity index is 709. The van der Waals surface area contributed by atoms with E-state index in [-0.39, 0.29) is 23.6 Å². The normalized spacial score (nSPS) is 13.7. The van der Waals surface area contributed by atoms with Gasteiger partial charge in [0.05, 0.1) is 6.54 Å². The average molecular weight is 258 g/mol. The van der Waals surface area contributed by atoms with Crippen LogP contribution >= 0.6 is 0 Å². The molecule has 0 spiro atoms. The zero-order valence-corrected chi connectivity index (χ0v) is 10.0. The minimum Gasteiger partial charge on any atom is -0.330 e. The highest BCUT2D eigenvalue weighted by Crippen LogP contribution is 2.23. The van der Waals surface area contributed by atoms with E-state index in [0.29, 0.717) is 12.1 Å². The lowest BCUT2D eigenvalue weighted by Gasteiger charge is -2.14. The summed E-state index contributed by atoms with van der Waals surface area (Å²) in [6.45, 7) is 0.561. The fourth-order valence-electron chi connectivity index (χ4n) is 2.27. The number of aromatic nitrogens is 1. The van der Waals surface area contributed by atoms with Crippen LogP contribution in [0.4, 0.5) is 4.39 Å². The van der Waals surface area contributed by atoms with Gasteiger partial charge in [0, 0.05) is 23.9 Å². The van der Waals surface area contributed by atoms with Crippen LogP contribution in [-0.4, -0.2) is 15.8 Å². The van der Waals surface area contributed by atoms with Gasteiger partial charge in [0.2, 0.25) is 0 Å².